The van der Waals surface area contributed by atoms with Gasteiger partial charge in [0.05, 0.1) is 6.61 Å². The van der Waals surface area contributed by atoms with Gasteiger partial charge in [-0.1, -0.05) is 19.1 Å². The molecule has 0 aliphatic carbocycles. The van der Waals surface area contributed by atoms with E-state index in [0.717, 1.165) is 25.8 Å². The zero-order chi connectivity index (χ0) is 12.5. The van der Waals surface area contributed by atoms with Crippen LogP contribution in [0.25, 0.3) is 0 Å². The Kier molecular flexibility index (Phi) is 6.63. The van der Waals surface area contributed by atoms with Crippen LogP contribution in [0.4, 0.5) is 4.39 Å². The first-order valence-corrected chi connectivity index (χ1v) is 6.34. The molecule has 0 heterocycles. The number of ether oxygens (including phenoxy) is 1. The highest BCUT2D eigenvalue weighted by molar-refractivity contribution is 5.23. The van der Waals surface area contributed by atoms with Crippen molar-refractivity contribution >= 4 is 0 Å². The summed E-state index contributed by atoms with van der Waals surface area (Å²) in [7, 11) is 0. The zero-order valence-corrected chi connectivity index (χ0v) is 10.7. The second-order valence-corrected chi connectivity index (χ2v) is 4.28. The maximum absolute atomic E-state index is 13.2. The molecule has 1 N–H and O–H groups in total. The Morgan fingerprint density at radius 2 is 2.12 bits per heavy atom. The van der Waals surface area contributed by atoms with Gasteiger partial charge in [-0.2, -0.15) is 0 Å². The molecule has 0 saturated heterocycles. The average Bonchev–Trinajstić information content (AvgIpc) is 2.34. The van der Waals surface area contributed by atoms with Crippen molar-refractivity contribution in [1.29, 1.82) is 0 Å². The van der Waals surface area contributed by atoms with Crippen molar-refractivity contribution in [2.75, 3.05) is 13.2 Å². The standard InChI is InChI=1S/C14H22FNO/c1-3-10-16-12(2)7-6-11-17-14-9-5-4-8-13(14)15/h4-5,8-9,12,16H,3,6-7,10-11H2,1-2H3. The van der Waals surface area contributed by atoms with E-state index in [1.165, 1.54) is 6.07 Å². The van der Waals surface area contributed by atoms with Crippen LogP contribution in [0.5, 0.6) is 5.75 Å². The third-order valence-corrected chi connectivity index (χ3v) is 2.62. The van der Waals surface area contributed by atoms with E-state index < -0.39 is 0 Å². The van der Waals surface area contributed by atoms with Crippen LogP contribution in [0.3, 0.4) is 0 Å². The van der Waals surface area contributed by atoms with Gasteiger partial charge >= 0.3 is 0 Å². The lowest BCUT2D eigenvalue weighted by atomic mass is 10.2. The Labute approximate surface area is 103 Å². The minimum Gasteiger partial charge on any atom is -0.491 e. The smallest absolute Gasteiger partial charge is 0.165 e. The van der Waals surface area contributed by atoms with E-state index in [-0.39, 0.29) is 5.82 Å². The van der Waals surface area contributed by atoms with Crippen LogP contribution in [-0.4, -0.2) is 19.2 Å². The summed E-state index contributed by atoms with van der Waals surface area (Å²) in [6.07, 6.45) is 3.14. The lowest BCUT2D eigenvalue weighted by molar-refractivity contribution is 0.284. The predicted molar refractivity (Wildman–Crippen MR) is 68.9 cm³/mol. The number of hydrogen-bond acceptors (Lipinski definition) is 2. The summed E-state index contributed by atoms with van der Waals surface area (Å²) in [4.78, 5) is 0. The molecule has 1 unspecified atom stereocenters. The number of nitrogens with one attached hydrogen (secondary N) is 1. The van der Waals surface area contributed by atoms with Gasteiger partial charge in [-0.05, 0) is 44.9 Å². The first-order chi connectivity index (χ1) is 8.24. The Hall–Kier alpha value is -1.09. The molecule has 0 bridgehead atoms. The fourth-order valence-electron chi connectivity index (χ4n) is 1.63. The highest BCUT2D eigenvalue weighted by atomic mass is 19.1. The van der Waals surface area contributed by atoms with Gasteiger partial charge in [0.1, 0.15) is 0 Å². The summed E-state index contributed by atoms with van der Waals surface area (Å²) in [6, 6.07) is 7.02. The van der Waals surface area contributed by atoms with Gasteiger partial charge in [-0.3, -0.25) is 0 Å². The molecule has 1 aromatic rings. The van der Waals surface area contributed by atoms with E-state index in [2.05, 4.69) is 19.2 Å². The van der Waals surface area contributed by atoms with Crippen LogP contribution >= 0.6 is 0 Å². The summed E-state index contributed by atoms with van der Waals surface area (Å²) in [5.41, 5.74) is 0. The molecular formula is C14H22FNO. The maximum atomic E-state index is 13.2. The minimum absolute atomic E-state index is 0.287. The van der Waals surface area contributed by atoms with Crippen LogP contribution < -0.4 is 10.1 Å². The molecule has 0 amide bonds. The molecule has 0 fully saturated rings. The third-order valence-electron chi connectivity index (χ3n) is 2.62. The van der Waals surface area contributed by atoms with E-state index >= 15 is 0 Å². The lowest BCUT2D eigenvalue weighted by Crippen LogP contribution is -2.26. The van der Waals surface area contributed by atoms with Crippen molar-refractivity contribution in [1.82, 2.24) is 5.32 Å². The molecule has 0 saturated carbocycles. The van der Waals surface area contributed by atoms with E-state index in [4.69, 9.17) is 4.74 Å². The fraction of sp³-hybridized carbons (Fsp3) is 0.571. The Balaban J connectivity index is 2.14. The Morgan fingerprint density at radius 1 is 1.35 bits per heavy atom. The normalized spacial score (nSPS) is 12.4. The number of hydrogen-bond donors (Lipinski definition) is 1. The van der Waals surface area contributed by atoms with Crippen LogP contribution in [-0.2, 0) is 0 Å². The average molecular weight is 239 g/mol. The maximum Gasteiger partial charge on any atom is 0.165 e. The molecule has 1 atom stereocenters. The van der Waals surface area contributed by atoms with Crippen molar-refractivity contribution in [3.05, 3.63) is 30.1 Å². The van der Waals surface area contributed by atoms with Crippen LogP contribution in [0.15, 0.2) is 24.3 Å². The molecule has 2 nitrogen and oxygen atoms in total. The first-order valence-electron chi connectivity index (χ1n) is 6.34. The molecule has 0 radical (unpaired) electrons. The molecule has 1 aromatic carbocycles. The fourth-order valence-corrected chi connectivity index (χ4v) is 1.63. The minimum atomic E-state index is -0.287. The number of halogens is 1. The van der Waals surface area contributed by atoms with Crippen molar-refractivity contribution in [2.24, 2.45) is 0 Å². The topological polar surface area (TPSA) is 21.3 Å². The van der Waals surface area contributed by atoms with Gasteiger partial charge in [0.15, 0.2) is 11.6 Å². The lowest BCUT2D eigenvalue weighted by Gasteiger charge is -2.13. The van der Waals surface area contributed by atoms with Gasteiger partial charge in [-0.25, -0.2) is 4.39 Å². The van der Waals surface area contributed by atoms with E-state index in [0.29, 0.717) is 18.4 Å². The molecular weight excluding hydrogens is 217 g/mol. The van der Waals surface area contributed by atoms with Crippen molar-refractivity contribution in [3.8, 4) is 5.75 Å². The molecule has 96 valence electrons. The second-order valence-electron chi connectivity index (χ2n) is 4.28. The van der Waals surface area contributed by atoms with Crippen LogP contribution in [0, 0.1) is 5.82 Å². The van der Waals surface area contributed by atoms with Gasteiger partial charge in [0.25, 0.3) is 0 Å². The molecule has 3 heteroatoms. The van der Waals surface area contributed by atoms with Crippen molar-refractivity contribution < 1.29 is 9.13 Å². The summed E-state index contributed by atoms with van der Waals surface area (Å²) < 4.78 is 18.6. The van der Waals surface area contributed by atoms with E-state index in [9.17, 15) is 4.39 Å². The monoisotopic (exact) mass is 239 g/mol. The quantitative estimate of drug-likeness (QED) is 0.702. The summed E-state index contributed by atoms with van der Waals surface area (Å²) in [5, 5.41) is 3.41. The molecule has 17 heavy (non-hydrogen) atoms. The predicted octanol–water partition coefficient (Wildman–Crippen LogP) is 3.37. The SMILES string of the molecule is CCCNC(C)CCCOc1ccccc1F. The summed E-state index contributed by atoms with van der Waals surface area (Å²) >= 11 is 0. The second kappa shape index (κ2) is 8.07. The molecule has 1 rings (SSSR count). The van der Waals surface area contributed by atoms with Gasteiger partial charge in [0, 0.05) is 6.04 Å². The summed E-state index contributed by atoms with van der Waals surface area (Å²) in [5.74, 6) is 0.0614. The molecule has 0 aliphatic rings. The largest absolute Gasteiger partial charge is 0.491 e. The van der Waals surface area contributed by atoms with E-state index in [1.54, 1.807) is 18.2 Å². The highest BCUT2D eigenvalue weighted by Crippen LogP contribution is 2.15. The summed E-state index contributed by atoms with van der Waals surface area (Å²) in [6.45, 7) is 5.94. The molecule has 0 spiro atoms. The Morgan fingerprint density at radius 3 is 2.82 bits per heavy atom. The number of benzene rings is 1. The van der Waals surface area contributed by atoms with Crippen LogP contribution in [0.1, 0.15) is 33.1 Å². The van der Waals surface area contributed by atoms with Gasteiger partial charge < -0.3 is 10.1 Å². The highest BCUT2D eigenvalue weighted by Gasteiger charge is 2.03. The van der Waals surface area contributed by atoms with Crippen LogP contribution in [0.2, 0.25) is 0 Å². The van der Waals surface area contributed by atoms with Gasteiger partial charge in [-0.15, -0.1) is 0 Å². The third kappa shape index (κ3) is 5.68. The number of para-hydroxylation sites is 1. The molecule has 0 aliphatic heterocycles. The van der Waals surface area contributed by atoms with E-state index in [1.807, 2.05) is 0 Å². The van der Waals surface area contributed by atoms with Crippen molar-refractivity contribution in [3.63, 3.8) is 0 Å². The number of rotatable bonds is 8. The molecule has 0 aromatic heterocycles. The first kappa shape index (κ1) is 14.0. The Bertz CT molecular complexity index is 317. The van der Waals surface area contributed by atoms with Crippen molar-refractivity contribution in [2.45, 2.75) is 39.2 Å². The zero-order valence-electron chi connectivity index (χ0n) is 10.7. The van der Waals surface area contributed by atoms with Gasteiger partial charge in [0.2, 0.25) is 0 Å².